The van der Waals surface area contributed by atoms with Crippen LogP contribution in [0.2, 0.25) is 0 Å². The number of carbonyl (C=O) groups excluding carboxylic acids is 3. The number of thioether (sulfide) groups is 1. The van der Waals surface area contributed by atoms with E-state index in [9.17, 15) is 14.4 Å². The SMILES string of the molecule is CC(C)NC(=O)Sc1ccccc1C(=O)NCCNC(=O)OC(C)(C)C. The van der Waals surface area contributed by atoms with E-state index >= 15 is 0 Å². The molecule has 7 nitrogen and oxygen atoms in total. The number of rotatable bonds is 6. The van der Waals surface area contributed by atoms with Crippen molar-refractivity contribution in [1.82, 2.24) is 16.0 Å². The Morgan fingerprint density at radius 1 is 1.08 bits per heavy atom. The second kappa shape index (κ2) is 10.1. The molecule has 144 valence electrons. The zero-order valence-electron chi connectivity index (χ0n) is 15.8. The van der Waals surface area contributed by atoms with Gasteiger partial charge in [0.25, 0.3) is 11.1 Å². The maximum atomic E-state index is 12.3. The lowest BCUT2D eigenvalue weighted by atomic mass is 10.2. The number of hydrogen-bond acceptors (Lipinski definition) is 5. The molecule has 0 saturated heterocycles. The Morgan fingerprint density at radius 2 is 1.69 bits per heavy atom. The molecule has 0 aliphatic carbocycles. The van der Waals surface area contributed by atoms with Gasteiger partial charge in [-0.15, -0.1) is 0 Å². The summed E-state index contributed by atoms with van der Waals surface area (Å²) in [5.41, 5.74) is -0.159. The minimum Gasteiger partial charge on any atom is -0.444 e. The van der Waals surface area contributed by atoms with Crippen LogP contribution in [0.5, 0.6) is 0 Å². The highest BCUT2D eigenvalue weighted by Crippen LogP contribution is 2.23. The van der Waals surface area contributed by atoms with Crippen LogP contribution in [0.15, 0.2) is 29.2 Å². The smallest absolute Gasteiger partial charge is 0.407 e. The zero-order chi connectivity index (χ0) is 19.7. The number of amides is 3. The fourth-order valence-electron chi connectivity index (χ4n) is 1.86. The summed E-state index contributed by atoms with van der Waals surface area (Å²) >= 11 is 0.977. The van der Waals surface area contributed by atoms with Gasteiger partial charge in [-0.25, -0.2) is 4.79 Å². The molecule has 0 unspecified atom stereocenters. The van der Waals surface area contributed by atoms with E-state index in [1.54, 1.807) is 45.0 Å². The van der Waals surface area contributed by atoms with Crippen LogP contribution in [0.1, 0.15) is 45.0 Å². The quantitative estimate of drug-likeness (QED) is 0.520. The lowest BCUT2D eigenvalue weighted by Gasteiger charge is -2.19. The number of alkyl carbamates (subject to hydrolysis) is 1. The zero-order valence-corrected chi connectivity index (χ0v) is 16.7. The van der Waals surface area contributed by atoms with Crippen LogP contribution in [0, 0.1) is 0 Å². The van der Waals surface area contributed by atoms with E-state index in [0.29, 0.717) is 10.5 Å². The minimum absolute atomic E-state index is 0.0231. The van der Waals surface area contributed by atoms with Crippen LogP contribution < -0.4 is 16.0 Å². The Labute approximate surface area is 158 Å². The predicted octanol–water partition coefficient (Wildman–Crippen LogP) is 3.15. The van der Waals surface area contributed by atoms with E-state index < -0.39 is 11.7 Å². The second-order valence-corrected chi connectivity index (χ2v) is 7.88. The summed E-state index contributed by atoms with van der Waals surface area (Å²) < 4.78 is 5.11. The summed E-state index contributed by atoms with van der Waals surface area (Å²) in [6.45, 7) is 9.55. The summed E-state index contributed by atoms with van der Waals surface area (Å²) in [7, 11) is 0. The Balaban J connectivity index is 2.52. The van der Waals surface area contributed by atoms with Gasteiger partial charge in [0, 0.05) is 24.0 Å². The molecular weight excluding hydrogens is 354 g/mol. The summed E-state index contributed by atoms with van der Waals surface area (Å²) in [5, 5.41) is 7.84. The van der Waals surface area contributed by atoms with Crippen LogP contribution in [-0.4, -0.2) is 42.0 Å². The summed E-state index contributed by atoms with van der Waals surface area (Å²) in [5.74, 6) is -0.309. The van der Waals surface area contributed by atoms with E-state index in [0.717, 1.165) is 11.8 Å². The van der Waals surface area contributed by atoms with Crippen molar-refractivity contribution in [3.63, 3.8) is 0 Å². The molecule has 0 fully saturated rings. The molecule has 1 aromatic rings. The molecule has 0 atom stereocenters. The van der Waals surface area contributed by atoms with Gasteiger partial charge in [-0.2, -0.15) is 0 Å². The largest absolute Gasteiger partial charge is 0.444 e. The van der Waals surface area contributed by atoms with Crippen molar-refractivity contribution in [2.75, 3.05) is 13.1 Å². The third-order valence-corrected chi connectivity index (χ3v) is 3.70. The summed E-state index contributed by atoms with van der Waals surface area (Å²) in [4.78, 5) is 36.4. The van der Waals surface area contributed by atoms with Crippen molar-refractivity contribution in [1.29, 1.82) is 0 Å². The number of benzene rings is 1. The molecule has 1 aromatic carbocycles. The minimum atomic E-state index is -0.569. The van der Waals surface area contributed by atoms with Crippen molar-refractivity contribution in [3.8, 4) is 0 Å². The van der Waals surface area contributed by atoms with E-state index in [1.807, 2.05) is 13.8 Å². The molecule has 1 rings (SSSR count). The molecule has 0 spiro atoms. The van der Waals surface area contributed by atoms with Crippen LogP contribution in [0.3, 0.4) is 0 Å². The molecule has 0 aliphatic heterocycles. The Hall–Kier alpha value is -2.22. The van der Waals surface area contributed by atoms with Gasteiger partial charge in [0.05, 0.1) is 5.56 Å². The molecule has 0 radical (unpaired) electrons. The fourth-order valence-corrected chi connectivity index (χ4v) is 2.77. The second-order valence-electron chi connectivity index (χ2n) is 6.87. The molecule has 0 saturated carbocycles. The average molecular weight is 381 g/mol. The maximum absolute atomic E-state index is 12.3. The van der Waals surface area contributed by atoms with Crippen LogP contribution >= 0.6 is 11.8 Å². The third-order valence-electron chi connectivity index (χ3n) is 2.82. The Bertz CT molecular complexity index is 642. The van der Waals surface area contributed by atoms with E-state index in [-0.39, 0.29) is 30.3 Å². The highest BCUT2D eigenvalue weighted by atomic mass is 32.2. The molecule has 3 amide bonds. The Morgan fingerprint density at radius 3 is 2.31 bits per heavy atom. The van der Waals surface area contributed by atoms with Crippen LogP contribution in [-0.2, 0) is 4.74 Å². The van der Waals surface area contributed by atoms with Gasteiger partial charge in [-0.1, -0.05) is 12.1 Å². The van der Waals surface area contributed by atoms with Crippen LogP contribution in [0.4, 0.5) is 9.59 Å². The summed E-state index contributed by atoms with van der Waals surface area (Å²) in [6, 6.07) is 6.90. The van der Waals surface area contributed by atoms with Crippen molar-refractivity contribution in [3.05, 3.63) is 29.8 Å². The molecule has 26 heavy (non-hydrogen) atoms. The molecule has 0 heterocycles. The van der Waals surface area contributed by atoms with Gasteiger partial charge < -0.3 is 20.7 Å². The van der Waals surface area contributed by atoms with E-state index in [2.05, 4.69) is 16.0 Å². The molecule has 0 aliphatic rings. The third kappa shape index (κ3) is 8.75. The predicted molar refractivity (Wildman–Crippen MR) is 103 cm³/mol. The lowest BCUT2D eigenvalue weighted by molar-refractivity contribution is 0.0526. The highest BCUT2D eigenvalue weighted by molar-refractivity contribution is 8.13. The first kappa shape index (κ1) is 21.8. The summed E-state index contributed by atoms with van der Waals surface area (Å²) in [6.07, 6.45) is -0.534. The number of carbonyl (C=O) groups is 3. The van der Waals surface area contributed by atoms with Crippen LogP contribution in [0.25, 0.3) is 0 Å². The number of nitrogens with one attached hydrogen (secondary N) is 3. The standard InChI is InChI=1S/C18H27N3O4S/c1-12(2)21-17(24)26-14-9-7-6-8-13(14)15(22)19-10-11-20-16(23)25-18(3,4)5/h6-9,12H,10-11H2,1-5H3,(H,19,22)(H,20,23)(H,21,24). The van der Waals surface area contributed by atoms with Crippen molar-refractivity contribution in [2.45, 2.75) is 51.2 Å². The van der Waals surface area contributed by atoms with E-state index in [1.165, 1.54) is 0 Å². The van der Waals surface area contributed by atoms with Gasteiger partial charge in [0.2, 0.25) is 0 Å². The normalized spacial score (nSPS) is 11.0. The van der Waals surface area contributed by atoms with Gasteiger partial charge >= 0.3 is 6.09 Å². The molecule has 0 aromatic heterocycles. The Kier molecular flexibility index (Phi) is 8.44. The highest BCUT2D eigenvalue weighted by Gasteiger charge is 2.16. The van der Waals surface area contributed by atoms with Crippen molar-refractivity contribution >= 4 is 29.0 Å². The molecule has 3 N–H and O–H groups in total. The average Bonchev–Trinajstić information content (AvgIpc) is 2.49. The van der Waals surface area contributed by atoms with Gasteiger partial charge in [0.15, 0.2) is 0 Å². The molecule has 8 heteroatoms. The number of hydrogen-bond donors (Lipinski definition) is 3. The first-order valence-corrected chi connectivity index (χ1v) is 9.22. The first-order valence-electron chi connectivity index (χ1n) is 8.41. The van der Waals surface area contributed by atoms with Gasteiger partial charge in [-0.05, 0) is 58.5 Å². The van der Waals surface area contributed by atoms with Gasteiger partial charge in [0.1, 0.15) is 5.60 Å². The van der Waals surface area contributed by atoms with Gasteiger partial charge in [-0.3, -0.25) is 9.59 Å². The maximum Gasteiger partial charge on any atom is 0.407 e. The van der Waals surface area contributed by atoms with Crippen molar-refractivity contribution < 1.29 is 19.1 Å². The molecular formula is C18H27N3O4S. The first-order chi connectivity index (χ1) is 12.1. The van der Waals surface area contributed by atoms with Crippen molar-refractivity contribution in [2.24, 2.45) is 0 Å². The molecule has 0 bridgehead atoms. The van der Waals surface area contributed by atoms with E-state index in [4.69, 9.17) is 4.74 Å². The number of ether oxygens (including phenoxy) is 1. The lowest BCUT2D eigenvalue weighted by Crippen LogP contribution is -2.38. The monoisotopic (exact) mass is 381 g/mol. The fraction of sp³-hybridized carbons (Fsp3) is 0.500. The topological polar surface area (TPSA) is 96.5 Å².